The first-order chi connectivity index (χ1) is 7.29. The van der Waals surface area contributed by atoms with E-state index in [0.29, 0.717) is 6.04 Å². The number of ether oxygens (including phenoxy) is 1. The van der Waals surface area contributed by atoms with Crippen LogP contribution in [0.25, 0.3) is 0 Å². The van der Waals surface area contributed by atoms with Crippen molar-refractivity contribution >= 4 is 5.69 Å². The van der Waals surface area contributed by atoms with Crippen molar-refractivity contribution in [2.24, 2.45) is 5.92 Å². The largest absolute Gasteiger partial charge is 0.495 e. The van der Waals surface area contributed by atoms with E-state index in [2.05, 4.69) is 18.3 Å². The molecule has 1 aliphatic carbocycles. The molecule has 1 N–H and O–H groups in total. The third kappa shape index (κ3) is 2.88. The maximum absolute atomic E-state index is 5.30. The van der Waals surface area contributed by atoms with Crippen molar-refractivity contribution in [3.05, 3.63) is 24.3 Å². The molecule has 1 fully saturated rings. The molecule has 1 atom stereocenters. The first-order valence-electron chi connectivity index (χ1n) is 5.69. The molecule has 2 nitrogen and oxygen atoms in total. The maximum Gasteiger partial charge on any atom is 0.141 e. The van der Waals surface area contributed by atoms with E-state index in [-0.39, 0.29) is 0 Å². The third-order valence-electron chi connectivity index (χ3n) is 2.89. The van der Waals surface area contributed by atoms with Crippen LogP contribution < -0.4 is 10.1 Å². The Hall–Kier alpha value is -1.18. The van der Waals surface area contributed by atoms with E-state index < -0.39 is 0 Å². The summed E-state index contributed by atoms with van der Waals surface area (Å²) in [5.74, 6) is 1.89. The molecule has 0 amide bonds. The molecular weight excluding hydrogens is 186 g/mol. The minimum atomic E-state index is 0.536. The Kier molecular flexibility index (Phi) is 3.14. The summed E-state index contributed by atoms with van der Waals surface area (Å²) in [6, 6.07) is 8.63. The number of methoxy groups -OCH3 is 1. The van der Waals surface area contributed by atoms with Gasteiger partial charge in [-0.15, -0.1) is 0 Å². The summed E-state index contributed by atoms with van der Waals surface area (Å²) in [6.45, 7) is 2.24. The van der Waals surface area contributed by atoms with Gasteiger partial charge in [-0.2, -0.15) is 0 Å². The lowest BCUT2D eigenvalue weighted by Gasteiger charge is -2.17. The van der Waals surface area contributed by atoms with E-state index in [0.717, 1.165) is 17.4 Å². The summed E-state index contributed by atoms with van der Waals surface area (Å²) in [7, 11) is 1.71. The zero-order chi connectivity index (χ0) is 10.7. The second-order valence-electron chi connectivity index (χ2n) is 4.42. The molecule has 0 heterocycles. The van der Waals surface area contributed by atoms with Crippen LogP contribution in [0.15, 0.2) is 24.3 Å². The van der Waals surface area contributed by atoms with Gasteiger partial charge in [-0.05, 0) is 31.4 Å². The Morgan fingerprint density at radius 3 is 2.80 bits per heavy atom. The van der Waals surface area contributed by atoms with Crippen molar-refractivity contribution in [2.45, 2.75) is 32.2 Å². The molecule has 0 saturated heterocycles. The van der Waals surface area contributed by atoms with Gasteiger partial charge in [0, 0.05) is 6.04 Å². The van der Waals surface area contributed by atoms with Crippen LogP contribution in [0.1, 0.15) is 26.2 Å². The third-order valence-corrected chi connectivity index (χ3v) is 2.89. The zero-order valence-corrected chi connectivity index (χ0v) is 9.49. The highest BCUT2D eigenvalue weighted by molar-refractivity contribution is 5.56. The lowest BCUT2D eigenvalue weighted by molar-refractivity contribution is 0.415. The molecule has 2 heteroatoms. The maximum atomic E-state index is 5.30. The number of para-hydroxylation sites is 2. The van der Waals surface area contributed by atoms with Crippen molar-refractivity contribution in [3.63, 3.8) is 0 Å². The summed E-state index contributed by atoms with van der Waals surface area (Å²) >= 11 is 0. The highest BCUT2D eigenvalue weighted by atomic mass is 16.5. The molecule has 0 radical (unpaired) electrons. The van der Waals surface area contributed by atoms with Crippen molar-refractivity contribution in [1.82, 2.24) is 0 Å². The number of anilines is 1. The van der Waals surface area contributed by atoms with Crippen LogP contribution in [0.3, 0.4) is 0 Å². The number of rotatable bonds is 5. The van der Waals surface area contributed by atoms with E-state index in [1.54, 1.807) is 7.11 Å². The molecule has 82 valence electrons. The Labute approximate surface area is 91.6 Å². The smallest absolute Gasteiger partial charge is 0.141 e. The fourth-order valence-corrected chi connectivity index (χ4v) is 1.94. The number of benzene rings is 1. The van der Waals surface area contributed by atoms with Gasteiger partial charge in [0.1, 0.15) is 5.75 Å². The van der Waals surface area contributed by atoms with Gasteiger partial charge in [-0.1, -0.05) is 25.0 Å². The molecule has 1 aromatic rings. The predicted molar refractivity (Wildman–Crippen MR) is 63.4 cm³/mol. The molecule has 15 heavy (non-hydrogen) atoms. The van der Waals surface area contributed by atoms with Crippen LogP contribution in [0.4, 0.5) is 5.69 Å². The average Bonchev–Trinajstić information content (AvgIpc) is 3.02. The van der Waals surface area contributed by atoms with Gasteiger partial charge in [0.25, 0.3) is 0 Å². The van der Waals surface area contributed by atoms with Gasteiger partial charge >= 0.3 is 0 Å². The molecule has 1 unspecified atom stereocenters. The molecular formula is C13H19NO. The lowest BCUT2D eigenvalue weighted by atomic mass is 10.1. The van der Waals surface area contributed by atoms with Crippen LogP contribution in [0.2, 0.25) is 0 Å². The fraction of sp³-hybridized carbons (Fsp3) is 0.538. The summed E-state index contributed by atoms with van der Waals surface area (Å²) in [5.41, 5.74) is 1.10. The number of hydrogen-bond acceptors (Lipinski definition) is 2. The average molecular weight is 205 g/mol. The summed E-state index contributed by atoms with van der Waals surface area (Å²) in [6.07, 6.45) is 4.11. The van der Waals surface area contributed by atoms with E-state index in [9.17, 15) is 0 Å². The minimum Gasteiger partial charge on any atom is -0.495 e. The van der Waals surface area contributed by atoms with Crippen LogP contribution in [-0.2, 0) is 0 Å². The summed E-state index contributed by atoms with van der Waals surface area (Å²) < 4.78 is 5.30. The molecule has 1 saturated carbocycles. The standard InChI is InChI=1S/C13H19NO/c1-10(9-11-7-8-11)14-12-5-3-4-6-13(12)15-2/h3-6,10-11,14H,7-9H2,1-2H3. The van der Waals surface area contributed by atoms with Gasteiger partial charge in [-0.3, -0.25) is 0 Å². The van der Waals surface area contributed by atoms with E-state index >= 15 is 0 Å². The highest BCUT2D eigenvalue weighted by Gasteiger charge is 2.23. The molecule has 1 aromatic carbocycles. The van der Waals surface area contributed by atoms with Crippen molar-refractivity contribution < 1.29 is 4.74 Å². The van der Waals surface area contributed by atoms with Crippen molar-refractivity contribution in [2.75, 3.05) is 12.4 Å². The normalized spacial score (nSPS) is 17.2. The van der Waals surface area contributed by atoms with Gasteiger partial charge in [-0.25, -0.2) is 0 Å². The number of nitrogens with one attached hydrogen (secondary N) is 1. The van der Waals surface area contributed by atoms with Crippen LogP contribution in [-0.4, -0.2) is 13.2 Å². The molecule has 0 aliphatic heterocycles. The molecule has 0 spiro atoms. The molecule has 1 aliphatic rings. The van der Waals surface area contributed by atoms with Crippen LogP contribution >= 0.6 is 0 Å². The minimum absolute atomic E-state index is 0.536. The zero-order valence-electron chi connectivity index (χ0n) is 9.49. The van der Waals surface area contributed by atoms with Crippen LogP contribution in [0, 0.1) is 5.92 Å². The summed E-state index contributed by atoms with van der Waals surface area (Å²) in [4.78, 5) is 0. The first kappa shape index (κ1) is 10.3. The van der Waals surface area contributed by atoms with Gasteiger partial charge < -0.3 is 10.1 Å². The second-order valence-corrected chi connectivity index (χ2v) is 4.42. The molecule has 0 aromatic heterocycles. The predicted octanol–water partition coefficient (Wildman–Crippen LogP) is 3.30. The summed E-state index contributed by atoms with van der Waals surface area (Å²) in [5, 5.41) is 3.51. The van der Waals surface area contributed by atoms with Gasteiger partial charge in [0.15, 0.2) is 0 Å². The van der Waals surface area contributed by atoms with Gasteiger partial charge in [0.2, 0.25) is 0 Å². The van der Waals surface area contributed by atoms with Crippen molar-refractivity contribution in [3.8, 4) is 5.75 Å². The van der Waals surface area contributed by atoms with E-state index in [4.69, 9.17) is 4.74 Å². The van der Waals surface area contributed by atoms with Crippen LogP contribution in [0.5, 0.6) is 5.75 Å². The SMILES string of the molecule is COc1ccccc1NC(C)CC1CC1. The Bertz CT molecular complexity index is 320. The van der Waals surface area contributed by atoms with E-state index in [1.165, 1.54) is 19.3 Å². The number of hydrogen-bond donors (Lipinski definition) is 1. The fourth-order valence-electron chi connectivity index (χ4n) is 1.94. The van der Waals surface area contributed by atoms with E-state index in [1.807, 2.05) is 18.2 Å². The first-order valence-corrected chi connectivity index (χ1v) is 5.69. The Morgan fingerprint density at radius 2 is 2.13 bits per heavy atom. The molecule has 0 bridgehead atoms. The monoisotopic (exact) mass is 205 g/mol. The van der Waals surface area contributed by atoms with Crippen molar-refractivity contribution in [1.29, 1.82) is 0 Å². The van der Waals surface area contributed by atoms with Gasteiger partial charge in [0.05, 0.1) is 12.8 Å². The highest BCUT2D eigenvalue weighted by Crippen LogP contribution is 2.34. The second kappa shape index (κ2) is 4.56. The lowest BCUT2D eigenvalue weighted by Crippen LogP contribution is -2.16. The Balaban J connectivity index is 1.95. The topological polar surface area (TPSA) is 21.3 Å². The quantitative estimate of drug-likeness (QED) is 0.796. The Morgan fingerprint density at radius 1 is 1.40 bits per heavy atom. The molecule has 2 rings (SSSR count).